The number of halogens is 2. The zero-order valence-corrected chi connectivity index (χ0v) is 13.1. The molecule has 0 bridgehead atoms. The minimum absolute atomic E-state index is 0.658. The fraction of sp³-hybridized carbons (Fsp3) is 0.250. The fourth-order valence-corrected chi connectivity index (χ4v) is 2.54. The number of hydrogen-bond donors (Lipinski definition) is 1. The predicted molar refractivity (Wildman–Crippen MR) is 84.7 cm³/mol. The van der Waals surface area contributed by atoms with Crippen molar-refractivity contribution in [2.45, 2.75) is 20.0 Å². The summed E-state index contributed by atoms with van der Waals surface area (Å²) in [5, 5.41) is 4.86. The number of ether oxygens (including phenoxy) is 1. The Morgan fingerprint density at radius 2 is 1.90 bits per heavy atom. The molecule has 2 nitrogen and oxygen atoms in total. The summed E-state index contributed by atoms with van der Waals surface area (Å²) >= 11 is 12.2. The first-order valence-corrected chi connectivity index (χ1v) is 7.14. The molecule has 0 atom stereocenters. The normalized spacial score (nSPS) is 10.6. The zero-order chi connectivity index (χ0) is 14.5. The van der Waals surface area contributed by atoms with Gasteiger partial charge in [0.25, 0.3) is 0 Å². The molecule has 0 fully saturated rings. The monoisotopic (exact) mass is 309 g/mol. The van der Waals surface area contributed by atoms with Crippen LogP contribution in [0.3, 0.4) is 0 Å². The molecule has 106 valence electrons. The van der Waals surface area contributed by atoms with E-state index in [0.717, 1.165) is 22.9 Å². The number of hydrogen-bond acceptors (Lipinski definition) is 2. The van der Waals surface area contributed by atoms with Crippen LogP contribution in [-0.2, 0) is 13.1 Å². The Labute approximate surface area is 129 Å². The smallest absolute Gasteiger partial charge is 0.124 e. The van der Waals surface area contributed by atoms with Gasteiger partial charge >= 0.3 is 0 Å². The van der Waals surface area contributed by atoms with Gasteiger partial charge in [0.05, 0.1) is 7.11 Å². The summed E-state index contributed by atoms with van der Waals surface area (Å²) in [5.74, 6) is 0.804. The van der Waals surface area contributed by atoms with Crippen LogP contribution in [0.25, 0.3) is 0 Å². The Bertz CT molecular complexity index is 599. The average molecular weight is 310 g/mol. The van der Waals surface area contributed by atoms with Gasteiger partial charge in [0.15, 0.2) is 0 Å². The molecule has 2 rings (SSSR count). The van der Waals surface area contributed by atoms with Crippen LogP contribution in [0.4, 0.5) is 0 Å². The van der Waals surface area contributed by atoms with Gasteiger partial charge in [-0.15, -0.1) is 0 Å². The van der Waals surface area contributed by atoms with E-state index in [9.17, 15) is 0 Å². The van der Waals surface area contributed by atoms with Crippen molar-refractivity contribution in [2.24, 2.45) is 0 Å². The summed E-state index contributed by atoms with van der Waals surface area (Å²) in [4.78, 5) is 0. The molecule has 2 aromatic rings. The maximum Gasteiger partial charge on any atom is 0.124 e. The molecule has 0 saturated heterocycles. The fourth-order valence-electron chi connectivity index (χ4n) is 2.08. The standard InChI is InChI=1S/C16H17Cl2NO/c1-11-8-13(17)7-6-12(11)9-19-10-14-15(18)4-3-5-16(14)20-2/h3-8,19H,9-10H2,1-2H3. The van der Waals surface area contributed by atoms with Crippen LogP contribution in [0.1, 0.15) is 16.7 Å². The molecule has 0 spiro atoms. The van der Waals surface area contributed by atoms with Crippen LogP contribution < -0.4 is 10.1 Å². The summed E-state index contributed by atoms with van der Waals surface area (Å²) in [6.45, 7) is 3.47. The second kappa shape index (κ2) is 6.98. The third kappa shape index (κ3) is 3.66. The van der Waals surface area contributed by atoms with Crippen LogP contribution in [0, 0.1) is 6.92 Å². The number of benzene rings is 2. The van der Waals surface area contributed by atoms with E-state index >= 15 is 0 Å². The first kappa shape index (κ1) is 15.2. The van der Waals surface area contributed by atoms with Crippen LogP contribution >= 0.6 is 23.2 Å². The Balaban J connectivity index is 2.03. The average Bonchev–Trinajstić information content (AvgIpc) is 2.42. The molecule has 0 heterocycles. The van der Waals surface area contributed by atoms with E-state index in [0.29, 0.717) is 11.6 Å². The van der Waals surface area contributed by atoms with E-state index in [1.807, 2.05) is 36.4 Å². The first-order valence-electron chi connectivity index (χ1n) is 6.39. The summed E-state index contributed by atoms with van der Waals surface area (Å²) in [6.07, 6.45) is 0. The third-order valence-electron chi connectivity index (χ3n) is 3.22. The molecular formula is C16H17Cl2NO. The largest absolute Gasteiger partial charge is 0.496 e. The van der Waals surface area contributed by atoms with Gasteiger partial charge in [-0.25, -0.2) is 0 Å². The van der Waals surface area contributed by atoms with Gasteiger partial charge in [0.2, 0.25) is 0 Å². The topological polar surface area (TPSA) is 21.3 Å². The molecule has 0 aliphatic carbocycles. The van der Waals surface area contributed by atoms with Crippen molar-refractivity contribution in [3.05, 3.63) is 63.1 Å². The molecule has 0 radical (unpaired) electrons. The SMILES string of the molecule is COc1cccc(Cl)c1CNCc1ccc(Cl)cc1C. The third-order valence-corrected chi connectivity index (χ3v) is 3.81. The second-order valence-electron chi connectivity index (χ2n) is 4.60. The lowest BCUT2D eigenvalue weighted by Crippen LogP contribution is -2.14. The number of nitrogens with one attached hydrogen (secondary N) is 1. The molecule has 2 aromatic carbocycles. The molecule has 0 aliphatic heterocycles. The Hall–Kier alpha value is -1.22. The van der Waals surface area contributed by atoms with Crippen molar-refractivity contribution in [1.82, 2.24) is 5.32 Å². The molecule has 0 amide bonds. The van der Waals surface area contributed by atoms with E-state index in [1.54, 1.807) is 7.11 Å². The van der Waals surface area contributed by atoms with Gasteiger partial charge in [-0.1, -0.05) is 35.3 Å². The molecule has 4 heteroatoms. The van der Waals surface area contributed by atoms with E-state index in [-0.39, 0.29) is 0 Å². The lowest BCUT2D eigenvalue weighted by molar-refractivity contribution is 0.407. The van der Waals surface area contributed by atoms with Gasteiger partial charge in [0, 0.05) is 28.7 Å². The maximum atomic E-state index is 6.20. The van der Waals surface area contributed by atoms with Gasteiger partial charge in [0.1, 0.15) is 5.75 Å². The quantitative estimate of drug-likeness (QED) is 0.871. The second-order valence-corrected chi connectivity index (χ2v) is 5.44. The highest BCUT2D eigenvalue weighted by molar-refractivity contribution is 6.31. The summed E-state index contributed by atoms with van der Waals surface area (Å²) in [5.41, 5.74) is 3.37. The minimum atomic E-state index is 0.658. The number of rotatable bonds is 5. The van der Waals surface area contributed by atoms with Gasteiger partial charge in [-0.2, -0.15) is 0 Å². The molecule has 0 aliphatic rings. The van der Waals surface area contributed by atoms with E-state index in [2.05, 4.69) is 12.2 Å². The van der Waals surface area contributed by atoms with Gasteiger partial charge < -0.3 is 10.1 Å². The molecular weight excluding hydrogens is 293 g/mol. The van der Waals surface area contributed by atoms with Crippen LogP contribution in [0.15, 0.2) is 36.4 Å². The van der Waals surface area contributed by atoms with Gasteiger partial charge in [-0.05, 0) is 42.3 Å². The van der Waals surface area contributed by atoms with Crippen molar-refractivity contribution in [3.63, 3.8) is 0 Å². The predicted octanol–water partition coefficient (Wildman–Crippen LogP) is 4.60. The number of aryl methyl sites for hydroxylation is 1. The maximum absolute atomic E-state index is 6.20. The number of methoxy groups -OCH3 is 1. The van der Waals surface area contributed by atoms with Crippen molar-refractivity contribution >= 4 is 23.2 Å². The summed E-state index contributed by atoms with van der Waals surface area (Å²) in [6, 6.07) is 11.6. The molecule has 1 N–H and O–H groups in total. The van der Waals surface area contributed by atoms with Crippen molar-refractivity contribution in [2.75, 3.05) is 7.11 Å². The van der Waals surface area contributed by atoms with Crippen LogP contribution in [0.2, 0.25) is 10.0 Å². The van der Waals surface area contributed by atoms with Gasteiger partial charge in [-0.3, -0.25) is 0 Å². The molecule has 20 heavy (non-hydrogen) atoms. The highest BCUT2D eigenvalue weighted by atomic mass is 35.5. The van der Waals surface area contributed by atoms with Crippen molar-refractivity contribution in [3.8, 4) is 5.75 Å². The Kier molecular flexibility index (Phi) is 5.30. The lowest BCUT2D eigenvalue weighted by Gasteiger charge is -2.12. The van der Waals surface area contributed by atoms with Crippen molar-refractivity contribution in [1.29, 1.82) is 0 Å². The summed E-state index contributed by atoms with van der Waals surface area (Å²) in [7, 11) is 1.65. The highest BCUT2D eigenvalue weighted by Crippen LogP contribution is 2.26. The molecule has 0 aromatic heterocycles. The van der Waals surface area contributed by atoms with E-state index in [1.165, 1.54) is 11.1 Å². The Morgan fingerprint density at radius 3 is 2.60 bits per heavy atom. The molecule has 0 saturated carbocycles. The minimum Gasteiger partial charge on any atom is -0.496 e. The van der Waals surface area contributed by atoms with Crippen LogP contribution in [-0.4, -0.2) is 7.11 Å². The summed E-state index contributed by atoms with van der Waals surface area (Å²) < 4.78 is 5.33. The first-order chi connectivity index (χ1) is 9.61. The molecule has 0 unspecified atom stereocenters. The van der Waals surface area contributed by atoms with Crippen molar-refractivity contribution < 1.29 is 4.74 Å². The van der Waals surface area contributed by atoms with E-state index < -0.39 is 0 Å². The Morgan fingerprint density at radius 1 is 1.10 bits per heavy atom. The lowest BCUT2D eigenvalue weighted by atomic mass is 10.1. The zero-order valence-electron chi connectivity index (χ0n) is 11.5. The van der Waals surface area contributed by atoms with Crippen LogP contribution in [0.5, 0.6) is 5.75 Å². The van der Waals surface area contributed by atoms with E-state index in [4.69, 9.17) is 27.9 Å². The highest BCUT2D eigenvalue weighted by Gasteiger charge is 2.07.